The van der Waals surface area contributed by atoms with Gasteiger partial charge < -0.3 is 15.5 Å². The number of nitrogens with one attached hydrogen (secondary N) is 2. The monoisotopic (exact) mass is 225 g/mol. The summed E-state index contributed by atoms with van der Waals surface area (Å²) in [4.78, 5) is 13.8. The average molecular weight is 225 g/mol. The van der Waals surface area contributed by atoms with Crippen molar-refractivity contribution in [1.82, 2.24) is 15.5 Å². The molecular formula is C12H23N3O. The first-order valence-electron chi connectivity index (χ1n) is 6.43. The summed E-state index contributed by atoms with van der Waals surface area (Å²) in [6.45, 7) is 8.37. The molecule has 0 aliphatic carbocycles. The third-order valence-electron chi connectivity index (χ3n) is 3.76. The molecule has 0 radical (unpaired) electrons. The molecule has 1 atom stereocenters. The van der Waals surface area contributed by atoms with Gasteiger partial charge in [-0.25, -0.2) is 4.79 Å². The maximum absolute atomic E-state index is 11.8. The van der Waals surface area contributed by atoms with Gasteiger partial charge in [0.2, 0.25) is 0 Å². The Bertz CT molecular complexity index is 249. The highest BCUT2D eigenvalue weighted by Crippen LogP contribution is 2.18. The number of urea groups is 1. The van der Waals surface area contributed by atoms with Crippen LogP contribution in [0.5, 0.6) is 0 Å². The van der Waals surface area contributed by atoms with Crippen molar-refractivity contribution in [2.45, 2.75) is 32.7 Å². The topological polar surface area (TPSA) is 44.4 Å². The number of hydrogen-bond donors (Lipinski definition) is 2. The molecule has 1 unspecified atom stereocenters. The van der Waals surface area contributed by atoms with E-state index < -0.39 is 0 Å². The lowest BCUT2D eigenvalue weighted by atomic mass is 9.97. The molecular weight excluding hydrogens is 202 g/mol. The number of hydrogen-bond acceptors (Lipinski definition) is 2. The number of rotatable bonds is 3. The molecule has 2 saturated heterocycles. The van der Waals surface area contributed by atoms with E-state index in [1.165, 1.54) is 12.8 Å². The molecule has 16 heavy (non-hydrogen) atoms. The first kappa shape index (κ1) is 11.7. The van der Waals surface area contributed by atoms with Crippen molar-refractivity contribution in [3.63, 3.8) is 0 Å². The number of carbonyl (C=O) groups is 1. The van der Waals surface area contributed by atoms with Gasteiger partial charge in [0.1, 0.15) is 0 Å². The number of nitrogens with zero attached hydrogens (tertiary/aromatic N) is 1. The second-order valence-electron chi connectivity index (χ2n) is 5.40. The van der Waals surface area contributed by atoms with Gasteiger partial charge in [-0.05, 0) is 37.8 Å². The largest absolute Gasteiger partial charge is 0.333 e. The van der Waals surface area contributed by atoms with Crippen LogP contribution in [0.3, 0.4) is 0 Å². The fourth-order valence-electron chi connectivity index (χ4n) is 2.53. The molecule has 2 aliphatic rings. The Morgan fingerprint density at radius 1 is 1.38 bits per heavy atom. The van der Waals surface area contributed by atoms with Crippen LogP contribution in [-0.4, -0.2) is 43.2 Å². The molecule has 2 aliphatic heterocycles. The second-order valence-corrected chi connectivity index (χ2v) is 5.40. The summed E-state index contributed by atoms with van der Waals surface area (Å²) >= 11 is 0. The van der Waals surface area contributed by atoms with Crippen LogP contribution >= 0.6 is 0 Å². The number of carbonyl (C=O) groups excluding carboxylic acids is 1. The Morgan fingerprint density at radius 3 is 2.62 bits per heavy atom. The van der Waals surface area contributed by atoms with E-state index in [2.05, 4.69) is 24.5 Å². The Morgan fingerprint density at radius 2 is 2.06 bits per heavy atom. The molecule has 0 aromatic heterocycles. The van der Waals surface area contributed by atoms with E-state index in [1.54, 1.807) is 0 Å². The molecule has 2 rings (SSSR count). The first-order valence-corrected chi connectivity index (χ1v) is 6.43. The van der Waals surface area contributed by atoms with E-state index in [1.807, 2.05) is 4.90 Å². The standard InChI is InChI=1S/C12H23N3O/c1-9(2)11-8-15(12(16)14-11)7-10-3-5-13-6-4-10/h9-11,13H,3-8H2,1-2H3,(H,14,16). The molecule has 0 aromatic rings. The van der Waals surface area contributed by atoms with Gasteiger partial charge in [-0.15, -0.1) is 0 Å². The SMILES string of the molecule is CC(C)C1CN(CC2CCNCC2)C(=O)N1. The highest BCUT2D eigenvalue weighted by atomic mass is 16.2. The molecule has 4 heteroatoms. The summed E-state index contributed by atoms with van der Waals surface area (Å²) in [5.74, 6) is 1.22. The summed E-state index contributed by atoms with van der Waals surface area (Å²) < 4.78 is 0. The lowest BCUT2D eigenvalue weighted by Crippen LogP contribution is -2.37. The minimum Gasteiger partial charge on any atom is -0.333 e. The van der Waals surface area contributed by atoms with Gasteiger partial charge in [0.05, 0.1) is 6.04 Å². The minimum atomic E-state index is 0.136. The van der Waals surface area contributed by atoms with Gasteiger partial charge in [0.15, 0.2) is 0 Å². The van der Waals surface area contributed by atoms with Crippen LogP contribution in [0.25, 0.3) is 0 Å². The van der Waals surface area contributed by atoms with Crippen molar-refractivity contribution in [3.8, 4) is 0 Å². The molecule has 0 aromatic carbocycles. The fourth-order valence-corrected chi connectivity index (χ4v) is 2.53. The number of piperidine rings is 1. The quantitative estimate of drug-likeness (QED) is 0.753. The summed E-state index contributed by atoms with van der Waals surface area (Å²) in [6, 6.07) is 0.478. The molecule has 2 heterocycles. The Hall–Kier alpha value is -0.770. The zero-order valence-corrected chi connectivity index (χ0v) is 10.3. The Labute approximate surface area is 97.8 Å². The van der Waals surface area contributed by atoms with Gasteiger partial charge in [0, 0.05) is 13.1 Å². The first-order chi connectivity index (χ1) is 7.66. The van der Waals surface area contributed by atoms with E-state index in [4.69, 9.17) is 0 Å². The molecule has 92 valence electrons. The van der Waals surface area contributed by atoms with Gasteiger partial charge in [0.25, 0.3) is 0 Å². The third kappa shape index (κ3) is 2.67. The van der Waals surface area contributed by atoms with Crippen LogP contribution in [0.1, 0.15) is 26.7 Å². The Kier molecular flexibility index (Phi) is 3.69. The van der Waals surface area contributed by atoms with Crippen LogP contribution in [0, 0.1) is 11.8 Å². The molecule has 0 bridgehead atoms. The van der Waals surface area contributed by atoms with Crippen LogP contribution in [0.2, 0.25) is 0 Å². The molecule has 0 spiro atoms. The van der Waals surface area contributed by atoms with Crippen LogP contribution in [0.4, 0.5) is 4.79 Å². The molecule has 2 N–H and O–H groups in total. The smallest absolute Gasteiger partial charge is 0.317 e. The summed E-state index contributed by atoms with van der Waals surface area (Å²) in [7, 11) is 0. The highest BCUT2D eigenvalue weighted by molar-refractivity contribution is 5.76. The van der Waals surface area contributed by atoms with Crippen LogP contribution in [-0.2, 0) is 0 Å². The van der Waals surface area contributed by atoms with Crippen molar-refractivity contribution in [3.05, 3.63) is 0 Å². The van der Waals surface area contributed by atoms with Crippen LogP contribution in [0.15, 0.2) is 0 Å². The fraction of sp³-hybridized carbons (Fsp3) is 0.917. The lowest BCUT2D eigenvalue weighted by Gasteiger charge is -2.26. The van der Waals surface area contributed by atoms with E-state index in [-0.39, 0.29) is 6.03 Å². The minimum absolute atomic E-state index is 0.136. The summed E-state index contributed by atoms with van der Waals surface area (Å²) in [6.07, 6.45) is 2.41. The van der Waals surface area contributed by atoms with E-state index in [9.17, 15) is 4.79 Å². The average Bonchev–Trinajstić information content (AvgIpc) is 2.62. The van der Waals surface area contributed by atoms with Crippen molar-refractivity contribution >= 4 is 6.03 Å². The number of amides is 2. The summed E-state index contributed by atoms with van der Waals surface area (Å²) in [5.41, 5.74) is 0. The lowest BCUT2D eigenvalue weighted by molar-refractivity contribution is 0.200. The zero-order chi connectivity index (χ0) is 11.5. The molecule has 0 saturated carbocycles. The van der Waals surface area contributed by atoms with Gasteiger partial charge >= 0.3 is 6.03 Å². The molecule has 2 amide bonds. The second kappa shape index (κ2) is 5.04. The maximum atomic E-state index is 11.8. The van der Waals surface area contributed by atoms with E-state index in [0.29, 0.717) is 17.9 Å². The van der Waals surface area contributed by atoms with Gasteiger partial charge in [-0.3, -0.25) is 0 Å². The highest BCUT2D eigenvalue weighted by Gasteiger charge is 2.31. The summed E-state index contributed by atoms with van der Waals surface area (Å²) in [5, 5.41) is 6.42. The zero-order valence-electron chi connectivity index (χ0n) is 10.3. The third-order valence-corrected chi connectivity index (χ3v) is 3.76. The van der Waals surface area contributed by atoms with Crippen molar-refractivity contribution in [1.29, 1.82) is 0 Å². The predicted molar refractivity (Wildman–Crippen MR) is 64.3 cm³/mol. The van der Waals surface area contributed by atoms with E-state index in [0.717, 1.165) is 26.2 Å². The molecule has 2 fully saturated rings. The van der Waals surface area contributed by atoms with Crippen molar-refractivity contribution in [2.75, 3.05) is 26.2 Å². The van der Waals surface area contributed by atoms with Crippen molar-refractivity contribution in [2.24, 2.45) is 11.8 Å². The Balaban J connectivity index is 1.83. The van der Waals surface area contributed by atoms with E-state index >= 15 is 0 Å². The van der Waals surface area contributed by atoms with Crippen molar-refractivity contribution < 1.29 is 4.79 Å². The predicted octanol–water partition coefficient (Wildman–Crippen LogP) is 1.04. The normalized spacial score (nSPS) is 27.6. The maximum Gasteiger partial charge on any atom is 0.317 e. The van der Waals surface area contributed by atoms with Gasteiger partial charge in [-0.1, -0.05) is 13.8 Å². The molecule has 4 nitrogen and oxygen atoms in total. The van der Waals surface area contributed by atoms with Crippen LogP contribution < -0.4 is 10.6 Å². The van der Waals surface area contributed by atoms with Gasteiger partial charge in [-0.2, -0.15) is 0 Å².